The van der Waals surface area contributed by atoms with Crippen LogP contribution in [0, 0.1) is 0 Å². The van der Waals surface area contributed by atoms with E-state index in [0.717, 1.165) is 0 Å². The fraction of sp³-hybridized carbons (Fsp3) is 0.250. The molecule has 1 aromatic heterocycles. The molecule has 20 heavy (non-hydrogen) atoms. The molecule has 0 saturated carbocycles. The number of nitrogens with one attached hydrogen (secondary N) is 1. The highest BCUT2D eigenvalue weighted by Crippen LogP contribution is 2.20. The van der Waals surface area contributed by atoms with Gasteiger partial charge >= 0.3 is 0 Å². The molecule has 0 radical (unpaired) electrons. The minimum absolute atomic E-state index is 0.0887. The zero-order valence-electron chi connectivity index (χ0n) is 11.0. The van der Waals surface area contributed by atoms with Crippen molar-refractivity contribution < 1.29 is 13.2 Å². The van der Waals surface area contributed by atoms with Gasteiger partial charge in [0.2, 0.25) is 0 Å². The van der Waals surface area contributed by atoms with Gasteiger partial charge in [0.05, 0.1) is 11.9 Å². The molecular weight excluding hydrogens is 280 g/mol. The van der Waals surface area contributed by atoms with E-state index in [0.29, 0.717) is 24.6 Å². The fourth-order valence-electron chi connectivity index (χ4n) is 1.66. The van der Waals surface area contributed by atoms with Crippen LogP contribution in [-0.2, 0) is 17.1 Å². The lowest BCUT2D eigenvalue weighted by Gasteiger charge is -2.10. The summed E-state index contributed by atoms with van der Waals surface area (Å²) in [6.07, 6.45) is 1.43. The highest BCUT2D eigenvalue weighted by atomic mass is 32.2. The second-order valence-corrected chi connectivity index (χ2v) is 5.69. The van der Waals surface area contributed by atoms with E-state index < -0.39 is 10.0 Å². The van der Waals surface area contributed by atoms with Crippen LogP contribution in [-0.4, -0.2) is 31.3 Å². The molecule has 0 aliphatic heterocycles. The molecule has 0 aliphatic carbocycles. The quantitative estimate of drug-likeness (QED) is 0.811. The van der Waals surface area contributed by atoms with E-state index in [9.17, 15) is 8.42 Å². The molecule has 2 aromatic rings. The highest BCUT2D eigenvalue weighted by molar-refractivity contribution is 7.92. The van der Waals surface area contributed by atoms with E-state index in [4.69, 9.17) is 10.5 Å². The minimum Gasteiger partial charge on any atom is -0.492 e. The summed E-state index contributed by atoms with van der Waals surface area (Å²) in [4.78, 5) is 0. The van der Waals surface area contributed by atoms with Crippen LogP contribution < -0.4 is 15.2 Å². The molecule has 2 rings (SSSR count). The van der Waals surface area contributed by atoms with Crippen LogP contribution in [0.5, 0.6) is 5.75 Å². The van der Waals surface area contributed by atoms with Crippen LogP contribution in [0.3, 0.4) is 0 Å². The van der Waals surface area contributed by atoms with E-state index in [2.05, 4.69) is 9.82 Å². The zero-order chi connectivity index (χ0) is 14.6. The number of hydrogen-bond acceptors (Lipinski definition) is 5. The molecule has 0 spiro atoms. The Morgan fingerprint density at radius 3 is 2.85 bits per heavy atom. The largest absolute Gasteiger partial charge is 0.492 e. The maximum atomic E-state index is 12.2. The standard InChI is InChI=1S/C12H16N4O3S/c1-16-12(5-7-14-16)20(17,18)15-10-3-2-4-11(9-10)19-8-6-13/h2-5,7,9,15H,6,8,13H2,1H3. The lowest BCUT2D eigenvalue weighted by molar-refractivity contribution is 0.328. The molecule has 0 fully saturated rings. The van der Waals surface area contributed by atoms with Gasteiger partial charge in [-0.3, -0.25) is 9.40 Å². The van der Waals surface area contributed by atoms with Gasteiger partial charge in [0, 0.05) is 19.7 Å². The van der Waals surface area contributed by atoms with Crippen molar-refractivity contribution in [1.29, 1.82) is 0 Å². The average Bonchev–Trinajstić information content (AvgIpc) is 2.83. The van der Waals surface area contributed by atoms with E-state index in [1.807, 2.05) is 0 Å². The summed E-state index contributed by atoms with van der Waals surface area (Å²) in [5.74, 6) is 0.556. The lowest BCUT2D eigenvalue weighted by Crippen LogP contribution is -2.16. The number of ether oxygens (including phenoxy) is 1. The molecule has 0 unspecified atom stereocenters. The van der Waals surface area contributed by atoms with Crippen LogP contribution in [0.4, 0.5) is 5.69 Å². The van der Waals surface area contributed by atoms with E-state index >= 15 is 0 Å². The molecule has 1 aromatic carbocycles. The molecule has 8 heteroatoms. The zero-order valence-corrected chi connectivity index (χ0v) is 11.8. The van der Waals surface area contributed by atoms with E-state index in [1.165, 1.54) is 16.9 Å². The predicted octanol–water partition coefficient (Wildman–Crippen LogP) is 0.558. The average molecular weight is 296 g/mol. The first-order valence-electron chi connectivity index (χ1n) is 5.97. The van der Waals surface area contributed by atoms with Crippen molar-refractivity contribution in [1.82, 2.24) is 9.78 Å². The number of anilines is 1. The van der Waals surface area contributed by atoms with Gasteiger partial charge in [0.25, 0.3) is 10.0 Å². The van der Waals surface area contributed by atoms with Gasteiger partial charge in [-0.1, -0.05) is 6.07 Å². The Balaban J connectivity index is 2.19. The Hall–Kier alpha value is -2.06. The van der Waals surface area contributed by atoms with Crippen LogP contribution >= 0.6 is 0 Å². The van der Waals surface area contributed by atoms with Crippen LogP contribution in [0.25, 0.3) is 0 Å². The summed E-state index contributed by atoms with van der Waals surface area (Å²) < 4.78 is 33.5. The van der Waals surface area contributed by atoms with Crippen molar-refractivity contribution >= 4 is 15.7 Å². The maximum Gasteiger partial charge on any atom is 0.279 e. The van der Waals surface area contributed by atoms with Crippen LogP contribution in [0.2, 0.25) is 0 Å². The summed E-state index contributed by atoms with van der Waals surface area (Å²) in [6.45, 7) is 0.767. The van der Waals surface area contributed by atoms with Crippen LogP contribution in [0.15, 0.2) is 41.6 Å². The molecule has 0 amide bonds. The Labute approximate surface area is 117 Å². The van der Waals surface area contributed by atoms with Gasteiger partial charge in [-0.25, -0.2) is 0 Å². The normalized spacial score (nSPS) is 11.3. The van der Waals surface area contributed by atoms with Gasteiger partial charge in [-0.15, -0.1) is 0 Å². The van der Waals surface area contributed by atoms with E-state index in [-0.39, 0.29) is 5.03 Å². The van der Waals surface area contributed by atoms with Gasteiger partial charge in [-0.05, 0) is 18.2 Å². The van der Waals surface area contributed by atoms with Crippen molar-refractivity contribution in [3.05, 3.63) is 36.5 Å². The minimum atomic E-state index is -3.67. The van der Waals surface area contributed by atoms with E-state index in [1.54, 1.807) is 31.3 Å². The maximum absolute atomic E-state index is 12.2. The third kappa shape index (κ3) is 3.28. The SMILES string of the molecule is Cn1nccc1S(=O)(=O)Nc1cccc(OCCN)c1. The van der Waals surface area contributed by atoms with Gasteiger partial charge < -0.3 is 10.5 Å². The molecule has 0 atom stereocenters. The third-order valence-corrected chi connectivity index (χ3v) is 3.98. The smallest absolute Gasteiger partial charge is 0.279 e. The number of aromatic nitrogens is 2. The number of benzene rings is 1. The number of rotatable bonds is 6. The molecule has 0 saturated heterocycles. The molecule has 7 nitrogen and oxygen atoms in total. The second kappa shape index (κ2) is 5.93. The first kappa shape index (κ1) is 14.4. The Kier molecular flexibility index (Phi) is 4.26. The van der Waals surface area contributed by atoms with Gasteiger partial charge in [0.1, 0.15) is 12.4 Å². The Bertz CT molecular complexity index is 682. The lowest BCUT2D eigenvalue weighted by atomic mass is 10.3. The summed E-state index contributed by atoms with van der Waals surface area (Å²) in [6, 6.07) is 8.11. The van der Waals surface area contributed by atoms with Crippen molar-refractivity contribution in [2.75, 3.05) is 17.9 Å². The molecule has 1 heterocycles. The van der Waals surface area contributed by atoms with Crippen molar-refractivity contribution in [3.63, 3.8) is 0 Å². The van der Waals surface area contributed by atoms with Crippen molar-refractivity contribution in [2.24, 2.45) is 12.8 Å². The number of hydrogen-bond donors (Lipinski definition) is 2. The summed E-state index contributed by atoms with van der Waals surface area (Å²) in [5.41, 5.74) is 5.77. The van der Waals surface area contributed by atoms with Gasteiger partial charge in [-0.2, -0.15) is 13.5 Å². The Morgan fingerprint density at radius 1 is 1.40 bits per heavy atom. The summed E-state index contributed by atoms with van der Waals surface area (Å²) in [7, 11) is -2.10. The molecule has 0 aliphatic rings. The Morgan fingerprint density at radius 2 is 2.20 bits per heavy atom. The van der Waals surface area contributed by atoms with Crippen molar-refractivity contribution in [3.8, 4) is 5.75 Å². The third-order valence-electron chi connectivity index (χ3n) is 2.52. The first-order valence-corrected chi connectivity index (χ1v) is 7.45. The number of aryl methyl sites for hydroxylation is 1. The van der Waals surface area contributed by atoms with Crippen molar-refractivity contribution in [2.45, 2.75) is 5.03 Å². The van der Waals surface area contributed by atoms with Crippen LogP contribution in [0.1, 0.15) is 0 Å². The molecular formula is C12H16N4O3S. The topological polar surface area (TPSA) is 99.2 Å². The summed E-state index contributed by atoms with van der Waals surface area (Å²) >= 11 is 0. The summed E-state index contributed by atoms with van der Waals surface area (Å²) in [5, 5.41) is 3.93. The predicted molar refractivity (Wildman–Crippen MR) is 75.0 cm³/mol. The molecule has 3 N–H and O–H groups in total. The number of nitrogens with two attached hydrogens (primary N) is 1. The molecule has 0 bridgehead atoms. The first-order chi connectivity index (χ1) is 9.53. The molecule has 108 valence electrons. The fourth-order valence-corrected chi connectivity index (χ4v) is 2.84. The number of sulfonamides is 1. The van der Waals surface area contributed by atoms with Gasteiger partial charge in [0.15, 0.2) is 5.03 Å². The number of nitrogens with zero attached hydrogens (tertiary/aromatic N) is 2. The second-order valence-electron chi connectivity index (χ2n) is 4.06. The monoisotopic (exact) mass is 296 g/mol. The highest BCUT2D eigenvalue weighted by Gasteiger charge is 2.18.